The first-order valence-electron chi connectivity index (χ1n) is 7.36. The second-order valence-electron chi connectivity index (χ2n) is 6.33. The molecule has 0 aromatic rings. The maximum absolute atomic E-state index is 11.5. The lowest BCUT2D eigenvalue weighted by Crippen LogP contribution is -2.40. The second kappa shape index (κ2) is 4.49. The summed E-state index contributed by atoms with van der Waals surface area (Å²) in [4.78, 5) is 16.5. The molecule has 0 amide bonds. The molecule has 2 atom stereocenters. The maximum atomic E-state index is 11.5. The van der Waals surface area contributed by atoms with Crippen LogP contribution in [0.25, 0.3) is 0 Å². The Balaban J connectivity index is 1.60. The van der Waals surface area contributed by atoms with Gasteiger partial charge in [0.25, 0.3) is 0 Å². The van der Waals surface area contributed by atoms with Gasteiger partial charge in [0.2, 0.25) is 0 Å². The molecule has 1 saturated carbocycles. The van der Waals surface area contributed by atoms with Gasteiger partial charge < -0.3 is 5.11 Å². The summed E-state index contributed by atoms with van der Waals surface area (Å²) >= 11 is 0. The third-order valence-corrected chi connectivity index (χ3v) is 5.29. The molecule has 2 saturated heterocycles. The van der Waals surface area contributed by atoms with Gasteiger partial charge in [-0.3, -0.25) is 14.6 Å². The Hall–Kier alpha value is -0.610. The predicted molar refractivity (Wildman–Crippen MR) is 69.5 cm³/mol. The minimum Gasteiger partial charge on any atom is -0.481 e. The summed E-state index contributed by atoms with van der Waals surface area (Å²) in [7, 11) is 0. The van der Waals surface area contributed by atoms with E-state index in [0.717, 1.165) is 32.0 Å². The highest BCUT2D eigenvalue weighted by Crippen LogP contribution is 2.38. The number of hydrogen-bond acceptors (Lipinski definition) is 3. The van der Waals surface area contributed by atoms with Gasteiger partial charge in [0.1, 0.15) is 0 Å². The van der Waals surface area contributed by atoms with Crippen LogP contribution in [-0.4, -0.2) is 59.1 Å². The largest absolute Gasteiger partial charge is 0.481 e. The Morgan fingerprint density at radius 3 is 2.56 bits per heavy atom. The molecule has 0 radical (unpaired) electrons. The van der Waals surface area contributed by atoms with Crippen LogP contribution in [0.1, 0.15) is 39.0 Å². The van der Waals surface area contributed by atoms with Crippen LogP contribution in [0, 0.1) is 5.41 Å². The van der Waals surface area contributed by atoms with Crippen molar-refractivity contribution in [2.24, 2.45) is 5.41 Å². The van der Waals surface area contributed by atoms with Gasteiger partial charge >= 0.3 is 5.97 Å². The lowest BCUT2D eigenvalue weighted by molar-refractivity contribution is -0.148. The molecule has 4 nitrogen and oxygen atoms in total. The Bertz CT molecular complexity index is 343. The number of rotatable bonds is 4. The van der Waals surface area contributed by atoms with E-state index in [1.54, 1.807) is 0 Å². The molecule has 3 rings (SSSR count). The summed E-state index contributed by atoms with van der Waals surface area (Å²) in [6.07, 6.45) is 5.58. The van der Waals surface area contributed by atoms with Crippen molar-refractivity contribution in [2.75, 3.05) is 26.2 Å². The first-order valence-corrected chi connectivity index (χ1v) is 7.36. The smallest absolute Gasteiger partial charge is 0.310 e. The van der Waals surface area contributed by atoms with E-state index >= 15 is 0 Å². The van der Waals surface area contributed by atoms with Crippen molar-refractivity contribution >= 4 is 5.97 Å². The molecule has 18 heavy (non-hydrogen) atoms. The Labute approximate surface area is 109 Å². The molecule has 0 bridgehead atoms. The molecule has 1 N–H and O–H groups in total. The summed E-state index contributed by atoms with van der Waals surface area (Å²) in [6, 6.07) is 1.46. The van der Waals surface area contributed by atoms with Crippen LogP contribution < -0.4 is 0 Å². The van der Waals surface area contributed by atoms with Gasteiger partial charge in [-0.25, -0.2) is 0 Å². The zero-order valence-corrected chi connectivity index (χ0v) is 11.3. The third kappa shape index (κ3) is 2.05. The number of hydrogen-bond donors (Lipinski definition) is 1. The fourth-order valence-corrected chi connectivity index (χ4v) is 3.67. The number of likely N-dealkylation sites (tertiary alicyclic amines) is 2. The van der Waals surface area contributed by atoms with Gasteiger partial charge in [-0.1, -0.05) is 6.92 Å². The highest BCUT2D eigenvalue weighted by Gasteiger charge is 2.46. The number of carbonyl (C=O) groups is 1. The SMILES string of the molecule is CCC1(C(=O)O)CCN(C2CCN(C3CC3)C2)C1. The summed E-state index contributed by atoms with van der Waals surface area (Å²) in [5, 5.41) is 9.44. The number of aliphatic carboxylic acids is 1. The molecule has 0 aromatic carbocycles. The van der Waals surface area contributed by atoms with E-state index in [0.29, 0.717) is 6.04 Å². The summed E-state index contributed by atoms with van der Waals surface area (Å²) in [5.74, 6) is -0.593. The van der Waals surface area contributed by atoms with Crippen molar-refractivity contribution in [3.8, 4) is 0 Å². The monoisotopic (exact) mass is 252 g/mol. The summed E-state index contributed by atoms with van der Waals surface area (Å²) in [6.45, 7) is 6.15. The van der Waals surface area contributed by atoms with Crippen molar-refractivity contribution in [3.05, 3.63) is 0 Å². The van der Waals surface area contributed by atoms with Gasteiger partial charge in [-0.2, -0.15) is 0 Å². The van der Waals surface area contributed by atoms with Gasteiger partial charge in [0.15, 0.2) is 0 Å². The van der Waals surface area contributed by atoms with Crippen LogP contribution >= 0.6 is 0 Å². The normalized spacial score (nSPS) is 38.4. The number of carboxylic acids is 1. The fourth-order valence-electron chi connectivity index (χ4n) is 3.67. The van der Waals surface area contributed by atoms with E-state index in [1.165, 1.54) is 32.4 Å². The lowest BCUT2D eigenvalue weighted by Gasteiger charge is -2.27. The van der Waals surface area contributed by atoms with Crippen LogP contribution in [0.2, 0.25) is 0 Å². The number of carboxylic acid groups (broad SMARTS) is 1. The van der Waals surface area contributed by atoms with Gasteiger partial charge in [-0.05, 0) is 38.6 Å². The van der Waals surface area contributed by atoms with Gasteiger partial charge in [-0.15, -0.1) is 0 Å². The first-order chi connectivity index (χ1) is 8.64. The second-order valence-corrected chi connectivity index (χ2v) is 6.33. The van der Waals surface area contributed by atoms with Gasteiger partial charge in [0.05, 0.1) is 5.41 Å². The molecule has 4 heteroatoms. The summed E-state index contributed by atoms with van der Waals surface area (Å²) in [5.41, 5.74) is -0.465. The average Bonchev–Trinajstić information content (AvgIpc) is 2.95. The molecule has 0 aromatic heterocycles. The van der Waals surface area contributed by atoms with Crippen molar-refractivity contribution < 1.29 is 9.90 Å². The molecule has 102 valence electrons. The van der Waals surface area contributed by atoms with E-state index in [9.17, 15) is 9.90 Å². The van der Waals surface area contributed by atoms with E-state index in [-0.39, 0.29) is 0 Å². The van der Waals surface area contributed by atoms with E-state index in [2.05, 4.69) is 9.80 Å². The minimum atomic E-state index is -0.593. The fraction of sp³-hybridized carbons (Fsp3) is 0.929. The molecule has 1 aliphatic carbocycles. The molecule has 0 spiro atoms. The predicted octanol–water partition coefficient (Wildman–Crippen LogP) is 1.41. The van der Waals surface area contributed by atoms with Crippen LogP contribution in [0.15, 0.2) is 0 Å². The van der Waals surface area contributed by atoms with Crippen LogP contribution in [-0.2, 0) is 4.79 Å². The molecular weight excluding hydrogens is 228 g/mol. The van der Waals surface area contributed by atoms with Crippen LogP contribution in [0.3, 0.4) is 0 Å². The van der Waals surface area contributed by atoms with Gasteiger partial charge in [0, 0.05) is 31.7 Å². The Kier molecular flexibility index (Phi) is 3.10. The highest BCUT2D eigenvalue weighted by molar-refractivity contribution is 5.75. The lowest BCUT2D eigenvalue weighted by atomic mass is 9.84. The highest BCUT2D eigenvalue weighted by atomic mass is 16.4. The molecular formula is C14H24N2O2. The standard InChI is InChI=1S/C14H24N2O2/c1-2-14(13(17)18)6-8-16(10-14)12-5-7-15(9-12)11-3-4-11/h11-12H,2-10H2,1H3,(H,17,18). The molecule has 2 aliphatic heterocycles. The summed E-state index contributed by atoms with van der Waals surface area (Å²) < 4.78 is 0. The Morgan fingerprint density at radius 1 is 1.22 bits per heavy atom. The molecule has 3 fully saturated rings. The van der Waals surface area contributed by atoms with Crippen molar-refractivity contribution in [2.45, 2.75) is 51.1 Å². The third-order valence-electron chi connectivity index (χ3n) is 5.29. The number of nitrogens with zero attached hydrogens (tertiary/aromatic N) is 2. The topological polar surface area (TPSA) is 43.8 Å². The maximum Gasteiger partial charge on any atom is 0.310 e. The van der Waals surface area contributed by atoms with E-state index < -0.39 is 11.4 Å². The zero-order valence-electron chi connectivity index (χ0n) is 11.3. The van der Waals surface area contributed by atoms with E-state index in [4.69, 9.17) is 0 Å². The molecule has 2 unspecified atom stereocenters. The Morgan fingerprint density at radius 2 is 2.00 bits per heavy atom. The zero-order chi connectivity index (χ0) is 12.8. The van der Waals surface area contributed by atoms with Crippen molar-refractivity contribution in [1.29, 1.82) is 0 Å². The first kappa shape index (κ1) is 12.4. The molecule has 2 heterocycles. The van der Waals surface area contributed by atoms with Crippen LogP contribution in [0.4, 0.5) is 0 Å². The average molecular weight is 252 g/mol. The molecule has 3 aliphatic rings. The minimum absolute atomic E-state index is 0.465. The van der Waals surface area contributed by atoms with Crippen LogP contribution in [0.5, 0.6) is 0 Å². The van der Waals surface area contributed by atoms with Crippen molar-refractivity contribution in [3.63, 3.8) is 0 Å². The van der Waals surface area contributed by atoms with E-state index in [1.807, 2.05) is 6.92 Å². The van der Waals surface area contributed by atoms with Crippen molar-refractivity contribution in [1.82, 2.24) is 9.80 Å². The quantitative estimate of drug-likeness (QED) is 0.821.